The van der Waals surface area contributed by atoms with Crippen molar-refractivity contribution in [2.24, 2.45) is 0 Å². The minimum absolute atomic E-state index is 0.260. The molecule has 0 spiro atoms. The molecule has 5 nitrogen and oxygen atoms in total. The summed E-state index contributed by atoms with van der Waals surface area (Å²) >= 11 is 0. The maximum Gasteiger partial charge on any atom is 0.264 e. The minimum Gasteiger partial charge on any atom is -0.306 e. The number of hydrogen-bond donors (Lipinski definition) is 2. The first-order valence-corrected chi connectivity index (χ1v) is 4.09. The van der Waals surface area contributed by atoms with Gasteiger partial charge < -0.3 is 5.32 Å². The Kier molecular flexibility index (Phi) is 3.17. The summed E-state index contributed by atoms with van der Waals surface area (Å²) in [6.45, 7) is 3.64. The van der Waals surface area contributed by atoms with Gasteiger partial charge in [-0.25, -0.2) is 5.10 Å². The summed E-state index contributed by atoms with van der Waals surface area (Å²) in [6, 6.07) is 2.74. The van der Waals surface area contributed by atoms with Crippen LogP contribution < -0.4 is 10.9 Å². The monoisotopic (exact) mass is 193 g/mol. The van der Waals surface area contributed by atoms with Gasteiger partial charge in [-0.1, -0.05) is 5.57 Å². The molecule has 2 N–H and O–H groups in total. The molecule has 0 radical (unpaired) electrons. The second-order valence-corrected chi connectivity index (χ2v) is 3.02. The Morgan fingerprint density at radius 1 is 1.50 bits per heavy atom. The molecular formula is C9H11N3O2. The highest BCUT2D eigenvalue weighted by molar-refractivity contribution is 5.98. The van der Waals surface area contributed by atoms with Gasteiger partial charge in [-0.15, -0.1) is 0 Å². The molecule has 0 unspecified atom stereocenters. The van der Waals surface area contributed by atoms with Crippen LogP contribution in [0.4, 0.5) is 5.82 Å². The van der Waals surface area contributed by atoms with Crippen LogP contribution in [-0.4, -0.2) is 16.1 Å². The van der Waals surface area contributed by atoms with Crippen molar-refractivity contribution in [2.75, 3.05) is 5.32 Å². The number of H-pyrrole nitrogens is 1. The van der Waals surface area contributed by atoms with Crippen molar-refractivity contribution in [3.8, 4) is 0 Å². The quantitative estimate of drug-likeness (QED) is 0.678. The van der Waals surface area contributed by atoms with Crippen molar-refractivity contribution in [1.29, 1.82) is 0 Å². The number of nitrogens with one attached hydrogen (secondary N) is 2. The van der Waals surface area contributed by atoms with Gasteiger partial charge in [-0.05, 0) is 19.9 Å². The normalized spacial score (nSPS) is 9.29. The van der Waals surface area contributed by atoms with Crippen molar-refractivity contribution >= 4 is 11.7 Å². The molecule has 5 heteroatoms. The highest BCUT2D eigenvalue weighted by Crippen LogP contribution is 1.97. The number of anilines is 1. The zero-order valence-electron chi connectivity index (χ0n) is 8.00. The summed E-state index contributed by atoms with van der Waals surface area (Å²) < 4.78 is 0. The second-order valence-electron chi connectivity index (χ2n) is 3.02. The number of carbonyl (C=O) groups excluding carboxylic acids is 1. The van der Waals surface area contributed by atoms with Crippen molar-refractivity contribution in [2.45, 2.75) is 13.8 Å². The lowest BCUT2D eigenvalue weighted by Gasteiger charge is -1.99. The van der Waals surface area contributed by atoms with E-state index in [0.717, 1.165) is 5.57 Å². The third kappa shape index (κ3) is 3.22. The first-order valence-electron chi connectivity index (χ1n) is 4.09. The van der Waals surface area contributed by atoms with Crippen LogP contribution in [0.3, 0.4) is 0 Å². The zero-order chi connectivity index (χ0) is 10.6. The zero-order valence-corrected chi connectivity index (χ0v) is 8.00. The van der Waals surface area contributed by atoms with E-state index >= 15 is 0 Å². The van der Waals surface area contributed by atoms with E-state index in [1.165, 1.54) is 18.2 Å². The average molecular weight is 193 g/mol. The predicted molar refractivity (Wildman–Crippen MR) is 52.9 cm³/mol. The van der Waals surface area contributed by atoms with Crippen LogP contribution >= 0.6 is 0 Å². The lowest BCUT2D eigenvalue weighted by molar-refractivity contribution is -0.112. The van der Waals surface area contributed by atoms with E-state index in [2.05, 4.69) is 15.5 Å². The Morgan fingerprint density at radius 2 is 2.21 bits per heavy atom. The molecule has 0 bridgehead atoms. The molecule has 1 amide bonds. The molecule has 0 saturated carbocycles. The maximum atomic E-state index is 11.2. The first kappa shape index (κ1) is 10.2. The summed E-state index contributed by atoms with van der Waals surface area (Å²) in [5.74, 6) is 0.0663. The van der Waals surface area contributed by atoms with Crippen LogP contribution in [0, 0.1) is 0 Å². The molecule has 1 aromatic heterocycles. The molecule has 1 heterocycles. The van der Waals surface area contributed by atoms with E-state index < -0.39 is 0 Å². The van der Waals surface area contributed by atoms with E-state index in [1.807, 2.05) is 13.8 Å². The largest absolute Gasteiger partial charge is 0.306 e. The van der Waals surface area contributed by atoms with Gasteiger partial charge in [0.15, 0.2) is 5.82 Å². The Hall–Kier alpha value is -1.91. The van der Waals surface area contributed by atoms with Crippen LogP contribution in [0.15, 0.2) is 28.6 Å². The van der Waals surface area contributed by atoms with E-state index in [-0.39, 0.29) is 11.5 Å². The molecular weight excluding hydrogens is 182 g/mol. The fourth-order valence-corrected chi connectivity index (χ4v) is 0.839. The van der Waals surface area contributed by atoms with E-state index in [9.17, 15) is 9.59 Å². The van der Waals surface area contributed by atoms with Crippen LogP contribution in [0.5, 0.6) is 0 Å². The van der Waals surface area contributed by atoms with Gasteiger partial charge in [0.2, 0.25) is 5.91 Å². The minimum atomic E-state index is -0.301. The van der Waals surface area contributed by atoms with Gasteiger partial charge in [0.05, 0.1) is 0 Å². The van der Waals surface area contributed by atoms with Gasteiger partial charge in [0.25, 0.3) is 5.56 Å². The van der Waals surface area contributed by atoms with Crippen LogP contribution in [0.1, 0.15) is 13.8 Å². The number of hydrogen-bond acceptors (Lipinski definition) is 3. The lowest BCUT2D eigenvalue weighted by atomic mass is 10.3. The molecule has 0 aliphatic heterocycles. The molecule has 1 rings (SSSR count). The van der Waals surface area contributed by atoms with Gasteiger partial charge in [-0.3, -0.25) is 9.59 Å². The molecule has 0 saturated heterocycles. The fourth-order valence-electron chi connectivity index (χ4n) is 0.839. The third-order valence-corrected chi connectivity index (χ3v) is 1.35. The molecule has 0 aliphatic rings. The molecule has 1 aromatic rings. The summed E-state index contributed by atoms with van der Waals surface area (Å²) in [5.41, 5.74) is 0.595. The maximum absolute atomic E-state index is 11.2. The molecule has 14 heavy (non-hydrogen) atoms. The molecule has 74 valence electrons. The Balaban J connectivity index is 2.70. The van der Waals surface area contributed by atoms with Gasteiger partial charge in [0.1, 0.15) is 0 Å². The smallest absolute Gasteiger partial charge is 0.264 e. The fraction of sp³-hybridized carbons (Fsp3) is 0.222. The van der Waals surface area contributed by atoms with E-state index in [1.54, 1.807) is 0 Å². The van der Waals surface area contributed by atoms with Crippen molar-refractivity contribution in [3.63, 3.8) is 0 Å². The third-order valence-electron chi connectivity index (χ3n) is 1.35. The standard InChI is InChI=1S/C9H11N3O2/c1-6(2)5-9(14)10-7-3-4-8(13)12-11-7/h3-5H,1-2H3,(H,12,13)(H,10,11,14). The SMILES string of the molecule is CC(C)=CC(=O)Nc1ccc(=O)[nH]n1. The average Bonchev–Trinajstić information content (AvgIpc) is 2.07. The first-order chi connectivity index (χ1) is 6.58. The summed E-state index contributed by atoms with van der Waals surface area (Å²) in [5, 5.41) is 8.35. The number of aromatic amines is 1. The van der Waals surface area contributed by atoms with E-state index in [0.29, 0.717) is 5.82 Å². The van der Waals surface area contributed by atoms with Crippen molar-refractivity contribution in [1.82, 2.24) is 10.2 Å². The second kappa shape index (κ2) is 4.36. The van der Waals surface area contributed by atoms with Crippen LogP contribution in [-0.2, 0) is 4.79 Å². The van der Waals surface area contributed by atoms with Gasteiger partial charge >= 0.3 is 0 Å². The van der Waals surface area contributed by atoms with Crippen LogP contribution in [0.25, 0.3) is 0 Å². The number of amides is 1. The van der Waals surface area contributed by atoms with Crippen LogP contribution in [0.2, 0.25) is 0 Å². The number of aromatic nitrogens is 2. The summed E-state index contributed by atoms with van der Waals surface area (Å²) in [4.78, 5) is 21.8. The number of rotatable bonds is 2. The van der Waals surface area contributed by atoms with Crippen molar-refractivity contribution in [3.05, 3.63) is 34.1 Å². The molecule has 0 atom stereocenters. The van der Waals surface area contributed by atoms with Gasteiger partial charge in [-0.2, -0.15) is 5.10 Å². The van der Waals surface area contributed by atoms with Gasteiger partial charge in [0, 0.05) is 12.1 Å². The van der Waals surface area contributed by atoms with E-state index in [4.69, 9.17) is 0 Å². The lowest BCUT2D eigenvalue weighted by Crippen LogP contribution is -2.13. The predicted octanol–water partition coefficient (Wildman–Crippen LogP) is 0.675. The number of nitrogens with zero attached hydrogens (tertiary/aromatic N) is 1. The number of allylic oxidation sites excluding steroid dienone is 1. The highest BCUT2D eigenvalue weighted by atomic mass is 16.1. The summed E-state index contributed by atoms with van der Waals surface area (Å²) in [6.07, 6.45) is 1.45. The topological polar surface area (TPSA) is 74.8 Å². The number of carbonyl (C=O) groups is 1. The molecule has 0 aromatic carbocycles. The Bertz CT molecular complexity index is 396. The summed E-state index contributed by atoms with van der Waals surface area (Å²) in [7, 11) is 0. The highest BCUT2D eigenvalue weighted by Gasteiger charge is 1.98. The molecule has 0 aliphatic carbocycles. The Labute approximate surface area is 80.8 Å². The van der Waals surface area contributed by atoms with Crippen molar-refractivity contribution < 1.29 is 4.79 Å². The molecule has 0 fully saturated rings. The Morgan fingerprint density at radius 3 is 2.71 bits per heavy atom.